The van der Waals surface area contributed by atoms with E-state index in [1.165, 1.54) is 24.3 Å². The molecule has 0 aliphatic carbocycles. The summed E-state index contributed by atoms with van der Waals surface area (Å²) in [6, 6.07) is 4.39. The highest BCUT2D eigenvalue weighted by Gasteiger charge is 2.22. The summed E-state index contributed by atoms with van der Waals surface area (Å²) in [6.45, 7) is 4.70. The van der Waals surface area contributed by atoms with Crippen LogP contribution in [0.2, 0.25) is 0 Å². The van der Waals surface area contributed by atoms with Gasteiger partial charge in [0.25, 0.3) is 5.69 Å². The number of hydroxylamine groups is 1. The first kappa shape index (κ1) is 10.1. The van der Waals surface area contributed by atoms with Gasteiger partial charge in [-0.05, 0) is 24.9 Å². The van der Waals surface area contributed by atoms with Crippen molar-refractivity contribution in [1.29, 1.82) is 0 Å². The van der Waals surface area contributed by atoms with Crippen LogP contribution in [0.15, 0.2) is 36.4 Å². The fourth-order valence-corrected chi connectivity index (χ4v) is 1.72. The van der Waals surface area contributed by atoms with Crippen molar-refractivity contribution in [3.05, 3.63) is 46.5 Å². The first-order chi connectivity index (χ1) is 9.55. The minimum Gasteiger partial charge on any atom is -0.288 e. The van der Waals surface area contributed by atoms with E-state index in [0.717, 1.165) is 5.06 Å². The van der Waals surface area contributed by atoms with E-state index >= 15 is 0 Å². The maximum atomic E-state index is 10.6. The van der Waals surface area contributed by atoms with E-state index < -0.39 is 17.8 Å². The monoisotopic (exact) mass is 253 g/mol. The van der Waals surface area contributed by atoms with Gasteiger partial charge >= 0.3 is 0 Å². The van der Waals surface area contributed by atoms with Crippen LogP contribution in [-0.2, 0) is 0 Å². The van der Waals surface area contributed by atoms with Crippen molar-refractivity contribution in [2.24, 2.45) is 5.92 Å². The lowest BCUT2D eigenvalue weighted by Crippen LogP contribution is -2.37. The number of nitro groups is 1. The number of non-ortho nitro benzene ring substituents is 1. The molecule has 0 radical (unpaired) electrons. The lowest BCUT2D eigenvalue weighted by Gasteiger charge is -2.31. The summed E-state index contributed by atoms with van der Waals surface area (Å²) in [6.07, 6.45) is 0. The SMILES string of the molecule is [2H]C([2H])([2H])C(=C)C(C(C)C)N(O)c1ccc([N+](=O)[O-])cc1. The molecule has 1 atom stereocenters. The molecular weight excluding hydrogens is 232 g/mol. The van der Waals surface area contributed by atoms with Crippen LogP contribution in [0.1, 0.15) is 24.8 Å². The van der Waals surface area contributed by atoms with Gasteiger partial charge in [-0.3, -0.25) is 15.3 Å². The maximum Gasteiger partial charge on any atom is 0.269 e. The summed E-state index contributed by atoms with van der Waals surface area (Å²) in [5, 5.41) is 21.7. The van der Waals surface area contributed by atoms with Crippen molar-refractivity contribution in [3.63, 3.8) is 0 Å². The number of nitrogens with zero attached hydrogens (tertiary/aromatic N) is 2. The molecule has 0 fully saturated rings. The number of nitro benzene ring substituents is 1. The summed E-state index contributed by atoms with van der Waals surface area (Å²) in [5.74, 6) is -0.210. The van der Waals surface area contributed by atoms with Crippen LogP contribution in [0.25, 0.3) is 0 Å². The third-order valence-electron chi connectivity index (χ3n) is 2.58. The van der Waals surface area contributed by atoms with Gasteiger partial charge in [-0.25, -0.2) is 5.06 Å². The average Bonchev–Trinajstić information content (AvgIpc) is 2.37. The fraction of sp³-hybridized carbons (Fsp3) is 0.385. The zero-order valence-corrected chi connectivity index (χ0v) is 10.3. The van der Waals surface area contributed by atoms with E-state index in [9.17, 15) is 15.3 Å². The van der Waals surface area contributed by atoms with Crippen LogP contribution in [0.3, 0.4) is 0 Å². The molecule has 1 rings (SSSR count). The van der Waals surface area contributed by atoms with E-state index in [-0.39, 0.29) is 22.9 Å². The Morgan fingerprint density at radius 1 is 1.50 bits per heavy atom. The van der Waals surface area contributed by atoms with Crippen LogP contribution in [-0.4, -0.2) is 16.2 Å². The molecule has 1 aromatic rings. The molecule has 98 valence electrons. The molecule has 1 N–H and O–H groups in total. The number of anilines is 1. The highest BCUT2D eigenvalue weighted by atomic mass is 16.6. The van der Waals surface area contributed by atoms with Crippen molar-refractivity contribution in [1.82, 2.24) is 0 Å². The molecule has 0 saturated carbocycles. The van der Waals surface area contributed by atoms with Crippen LogP contribution < -0.4 is 5.06 Å². The Bertz CT molecular complexity index is 526. The topological polar surface area (TPSA) is 66.6 Å². The Labute approximate surface area is 111 Å². The summed E-state index contributed by atoms with van der Waals surface area (Å²) >= 11 is 0. The molecule has 0 amide bonds. The highest BCUT2D eigenvalue weighted by Crippen LogP contribution is 2.25. The average molecular weight is 253 g/mol. The van der Waals surface area contributed by atoms with E-state index in [1.807, 2.05) is 0 Å². The van der Waals surface area contributed by atoms with Crippen molar-refractivity contribution in [3.8, 4) is 0 Å². The van der Waals surface area contributed by atoms with Crippen molar-refractivity contribution < 1.29 is 14.2 Å². The third-order valence-corrected chi connectivity index (χ3v) is 2.58. The van der Waals surface area contributed by atoms with Gasteiger partial charge in [0.05, 0.1) is 16.7 Å². The second kappa shape index (κ2) is 5.64. The second-order valence-corrected chi connectivity index (χ2v) is 4.33. The lowest BCUT2D eigenvalue weighted by molar-refractivity contribution is -0.384. The van der Waals surface area contributed by atoms with Gasteiger partial charge < -0.3 is 0 Å². The predicted molar refractivity (Wildman–Crippen MR) is 70.8 cm³/mol. The Kier molecular flexibility index (Phi) is 3.16. The van der Waals surface area contributed by atoms with Gasteiger partial charge in [-0.15, -0.1) is 0 Å². The largest absolute Gasteiger partial charge is 0.288 e. The zero-order valence-electron chi connectivity index (χ0n) is 13.3. The molecular formula is C13H18N2O3. The second-order valence-electron chi connectivity index (χ2n) is 4.33. The standard InChI is InChI=1S/C13H18N2O3/c1-9(2)13(10(3)4)14(16)11-5-7-12(8-6-11)15(17)18/h5-8,10,13,16H,1H2,2-4H3/i2D3. The van der Waals surface area contributed by atoms with Crippen LogP contribution >= 0.6 is 0 Å². The zero-order chi connectivity index (χ0) is 16.4. The van der Waals surface area contributed by atoms with E-state index in [1.54, 1.807) is 13.8 Å². The number of hydrogen-bond acceptors (Lipinski definition) is 4. The lowest BCUT2D eigenvalue weighted by atomic mass is 9.97. The summed E-state index contributed by atoms with van der Waals surface area (Å²) in [4.78, 5) is 10.1. The molecule has 0 saturated heterocycles. The van der Waals surface area contributed by atoms with Gasteiger partial charge in [0.1, 0.15) is 0 Å². The van der Waals surface area contributed by atoms with E-state index in [0.29, 0.717) is 0 Å². The molecule has 0 heterocycles. The van der Waals surface area contributed by atoms with Gasteiger partial charge in [-0.1, -0.05) is 26.0 Å². The molecule has 18 heavy (non-hydrogen) atoms. The van der Waals surface area contributed by atoms with Crippen molar-refractivity contribution in [2.75, 3.05) is 5.06 Å². The molecule has 1 unspecified atom stereocenters. The molecule has 0 bridgehead atoms. The maximum absolute atomic E-state index is 10.6. The van der Waals surface area contributed by atoms with Crippen LogP contribution in [0.4, 0.5) is 11.4 Å². The minimum atomic E-state index is -2.39. The molecule has 0 aliphatic heterocycles. The Hall–Kier alpha value is -1.88. The quantitative estimate of drug-likeness (QED) is 0.496. The van der Waals surface area contributed by atoms with Crippen molar-refractivity contribution in [2.45, 2.75) is 26.7 Å². The molecule has 1 aromatic carbocycles. The van der Waals surface area contributed by atoms with Gasteiger partial charge in [0.2, 0.25) is 0 Å². The predicted octanol–water partition coefficient (Wildman–Crippen LogP) is 3.39. The van der Waals surface area contributed by atoms with E-state index in [4.69, 9.17) is 4.11 Å². The normalized spacial score (nSPS) is 15.4. The first-order valence-corrected chi connectivity index (χ1v) is 5.47. The number of rotatable bonds is 5. The Morgan fingerprint density at radius 3 is 2.44 bits per heavy atom. The van der Waals surface area contributed by atoms with Gasteiger partial charge in [-0.2, -0.15) is 0 Å². The Balaban J connectivity index is 3.09. The summed E-state index contributed by atoms with van der Waals surface area (Å²) in [5.41, 5.74) is 0.0750. The van der Waals surface area contributed by atoms with Crippen LogP contribution in [0.5, 0.6) is 0 Å². The van der Waals surface area contributed by atoms with Crippen LogP contribution in [0, 0.1) is 16.0 Å². The number of hydrogen-bond donors (Lipinski definition) is 1. The minimum absolute atomic E-state index is 0.0849. The summed E-state index contributed by atoms with van der Waals surface area (Å²) in [7, 11) is 0. The third kappa shape index (κ3) is 3.07. The van der Waals surface area contributed by atoms with Gasteiger partial charge in [0.15, 0.2) is 0 Å². The Morgan fingerprint density at radius 2 is 2.06 bits per heavy atom. The molecule has 0 aliphatic rings. The van der Waals surface area contributed by atoms with Crippen molar-refractivity contribution >= 4 is 11.4 Å². The molecule has 5 heteroatoms. The fourth-order valence-electron chi connectivity index (χ4n) is 1.72. The van der Waals surface area contributed by atoms with Gasteiger partial charge in [0, 0.05) is 16.2 Å². The molecule has 5 nitrogen and oxygen atoms in total. The molecule has 0 aromatic heterocycles. The number of benzene rings is 1. The van der Waals surface area contributed by atoms with E-state index in [2.05, 4.69) is 6.58 Å². The first-order valence-electron chi connectivity index (χ1n) is 6.97. The molecule has 0 spiro atoms. The highest BCUT2D eigenvalue weighted by molar-refractivity contribution is 5.50. The smallest absolute Gasteiger partial charge is 0.269 e. The summed E-state index contributed by atoms with van der Waals surface area (Å²) < 4.78 is 22.2.